The first-order valence-electron chi connectivity index (χ1n) is 7.82. The Bertz CT molecular complexity index is 835. The Morgan fingerprint density at radius 2 is 1.54 bits per heavy atom. The highest BCUT2D eigenvalue weighted by Gasteiger charge is 2.17. The number of pyridine rings is 1. The Morgan fingerprint density at radius 3 is 2.17 bits per heavy atom. The predicted octanol–water partition coefficient (Wildman–Crippen LogP) is 4.41. The number of fused-ring (bicyclic) bond motifs is 1. The second-order valence-electron chi connectivity index (χ2n) is 5.64. The van der Waals surface area contributed by atoms with Crippen LogP contribution in [-0.4, -0.2) is 26.3 Å². The minimum absolute atomic E-state index is 0.184. The van der Waals surface area contributed by atoms with Crippen LogP contribution in [0.2, 0.25) is 0 Å². The lowest BCUT2D eigenvalue weighted by atomic mass is 9.91. The molecule has 1 atom stereocenters. The van der Waals surface area contributed by atoms with Gasteiger partial charge in [-0.1, -0.05) is 19.1 Å². The van der Waals surface area contributed by atoms with Crippen LogP contribution in [0.25, 0.3) is 10.9 Å². The van der Waals surface area contributed by atoms with E-state index in [4.69, 9.17) is 14.2 Å². The van der Waals surface area contributed by atoms with Crippen molar-refractivity contribution in [2.75, 3.05) is 21.3 Å². The van der Waals surface area contributed by atoms with E-state index in [0.717, 1.165) is 16.5 Å². The van der Waals surface area contributed by atoms with Gasteiger partial charge in [0.1, 0.15) is 0 Å². The van der Waals surface area contributed by atoms with Gasteiger partial charge in [-0.2, -0.15) is 0 Å². The van der Waals surface area contributed by atoms with E-state index < -0.39 is 0 Å². The maximum absolute atomic E-state index is 5.46. The Hall–Kier alpha value is -2.75. The fraction of sp³-hybridized carbons (Fsp3) is 0.250. The van der Waals surface area contributed by atoms with Gasteiger partial charge < -0.3 is 14.2 Å². The molecule has 0 amide bonds. The van der Waals surface area contributed by atoms with Crippen molar-refractivity contribution in [3.8, 4) is 17.2 Å². The normalized spacial score (nSPS) is 12.0. The summed E-state index contributed by atoms with van der Waals surface area (Å²) < 4.78 is 16.3. The van der Waals surface area contributed by atoms with Gasteiger partial charge in [0.05, 0.1) is 26.8 Å². The van der Waals surface area contributed by atoms with Crippen LogP contribution < -0.4 is 14.2 Å². The van der Waals surface area contributed by atoms with Crippen LogP contribution in [0.4, 0.5) is 0 Å². The van der Waals surface area contributed by atoms with Crippen LogP contribution >= 0.6 is 0 Å². The molecule has 0 saturated carbocycles. The zero-order valence-corrected chi connectivity index (χ0v) is 14.4. The topological polar surface area (TPSA) is 40.6 Å². The van der Waals surface area contributed by atoms with Crippen molar-refractivity contribution in [1.82, 2.24) is 4.98 Å². The van der Waals surface area contributed by atoms with Gasteiger partial charge in [-0.15, -0.1) is 0 Å². The average molecular weight is 323 g/mol. The first-order chi connectivity index (χ1) is 11.7. The molecule has 124 valence electrons. The molecule has 0 fully saturated rings. The number of hydrogen-bond donors (Lipinski definition) is 0. The Kier molecular flexibility index (Phi) is 4.56. The zero-order valence-electron chi connectivity index (χ0n) is 14.4. The lowest BCUT2D eigenvalue weighted by Gasteiger charge is -2.18. The standard InChI is InChI=1S/C20H21NO3/c1-13(14-7-8-17-15(10-14)6-5-9-21-17)16-11-18(22-2)20(24-4)19(12-16)23-3/h5-13H,1-4H3. The molecule has 4 heteroatoms. The third-order valence-electron chi connectivity index (χ3n) is 4.31. The van der Waals surface area contributed by atoms with Gasteiger partial charge in [0.25, 0.3) is 0 Å². The molecule has 0 aliphatic heterocycles. The Morgan fingerprint density at radius 1 is 0.833 bits per heavy atom. The van der Waals surface area contributed by atoms with Crippen molar-refractivity contribution in [1.29, 1.82) is 0 Å². The van der Waals surface area contributed by atoms with Gasteiger partial charge in [0, 0.05) is 17.5 Å². The third kappa shape index (κ3) is 2.87. The number of nitrogens with zero attached hydrogens (tertiary/aromatic N) is 1. The average Bonchev–Trinajstić information content (AvgIpc) is 2.65. The summed E-state index contributed by atoms with van der Waals surface area (Å²) in [7, 11) is 4.88. The van der Waals surface area contributed by atoms with E-state index in [9.17, 15) is 0 Å². The SMILES string of the molecule is COc1cc(C(C)c2ccc3ncccc3c2)cc(OC)c1OC. The molecule has 3 rings (SSSR count). The third-order valence-corrected chi connectivity index (χ3v) is 4.31. The van der Waals surface area contributed by atoms with Gasteiger partial charge in [0.2, 0.25) is 5.75 Å². The van der Waals surface area contributed by atoms with Gasteiger partial charge in [-0.05, 0) is 41.5 Å². The van der Waals surface area contributed by atoms with E-state index in [0.29, 0.717) is 17.2 Å². The van der Waals surface area contributed by atoms with Gasteiger partial charge in [0.15, 0.2) is 11.5 Å². The van der Waals surface area contributed by atoms with Crippen LogP contribution in [0.3, 0.4) is 0 Å². The molecule has 0 bridgehead atoms. The summed E-state index contributed by atoms with van der Waals surface area (Å²) in [5.41, 5.74) is 3.32. The molecule has 1 heterocycles. The fourth-order valence-electron chi connectivity index (χ4n) is 2.91. The molecule has 3 aromatic rings. The van der Waals surface area contributed by atoms with Crippen molar-refractivity contribution in [2.24, 2.45) is 0 Å². The fourth-order valence-corrected chi connectivity index (χ4v) is 2.91. The predicted molar refractivity (Wildman–Crippen MR) is 95.4 cm³/mol. The Labute approximate surface area is 142 Å². The summed E-state index contributed by atoms with van der Waals surface area (Å²) in [6, 6.07) is 14.4. The minimum atomic E-state index is 0.184. The van der Waals surface area contributed by atoms with Crippen LogP contribution in [0.1, 0.15) is 24.0 Å². The number of hydrogen-bond acceptors (Lipinski definition) is 4. The number of rotatable bonds is 5. The van der Waals surface area contributed by atoms with Crippen molar-refractivity contribution >= 4 is 10.9 Å². The van der Waals surface area contributed by atoms with Crippen LogP contribution in [0.5, 0.6) is 17.2 Å². The molecule has 0 radical (unpaired) electrons. The molecule has 24 heavy (non-hydrogen) atoms. The summed E-state index contributed by atoms with van der Waals surface area (Å²) in [6.45, 7) is 2.16. The molecular formula is C20H21NO3. The van der Waals surface area contributed by atoms with Crippen molar-refractivity contribution in [2.45, 2.75) is 12.8 Å². The first-order valence-corrected chi connectivity index (χ1v) is 7.82. The van der Waals surface area contributed by atoms with Crippen molar-refractivity contribution in [3.63, 3.8) is 0 Å². The molecule has 0 aliphatic rings. The molecule has 4 nitrogen and oxygen atoms in total. The van der Waals surface area contributed by atoms with E-state index in [-0.39, 0.29) is 5.92 Å². The van der Waals surface area contributed by atoms with E-state index in [1.54, 1.807) is 21.3 Å². The maximum atomic E-state index is 5.46. The molecule has 0 saturated heterocycles. The van der Waals surface area contributed by atoms with E-state index >= 15 is 0 Å². The van der Waals surface area contributed by atoms with Gasteiger partial charge in [-0.25, -0.2) is 0 Å². The summed E-state index contributed by atoms with van der Waals surface area (Å²) in [5.74, 6) is 2.13. The first kappa shape index (κ1) is 16.1. The van der Waals surface area contributed by atoms with Crippen LogP contribution in [0, 0.1) is 0 Å². The molecule has 0 spiro atoms. The summed E-state index contributed by atoms with van der Waals surface area (Å²) in [5, 5.41) is 1.13. The van der Waals surface area contributed by atoms with Crippen molar-refractivity contribution in [3.05, 3.63) is 59.8 Å². The molecule has 1 aromatic heterocycles. The summed E-state index contributed by atoms with van der Waals surface area (Å²) in [6.07, 6.45) is 1.81. The second-order valence-corrected chi connectivity index (χ2v) is 5.64. The minimum Gasteiger partial charge on any atom is -0.493 e. The monoisotopic (exact) mass is 323 g/mol. The lowest BCUT2D eigenvalue weighted by Crippen LogP contribution is -2.01. The number of methoxy groups -OCH3 is 3. The molecule has 2 aromatic carbocycles. The zero-order chi connectivity index (χ0) is 17.1. The van der Waals surface area contributed by atoms with Crippen LogP contribution in [-0.2, 0) is 0 Å². The highest BCUT2D eigenvalue weighted by molar-refractivity contribution is 5.79. The van der Waals surface area contributed by atoms with E-state index in [1.165, 1.54) is 5.56 Å². The van der Waals surface area contributed by atoms with E-state index in [1.807, 2.05) is 24.4 Å². The highest BCUT2D eigenvalue weighted by Crippen LogP contribution is 2.41. The Balaban J connectivity index is 2.06. The molecular weight excluding hydrogens is 302 g/mol. The lowest BCUT2D eigenvalue weighted by molar-refractivity contribution is 0.323. The molecule has 0 aliphatic carbocycles. The van der Waals surface area contributed by atoms with Crippen molar-refractivity contribution < 1.29 is 14.2 Å². The largest absolute Gasteiger partial charge is 0.493 e. The molecule has 0 N–H and O–H groups in total. The number of aromatic nitrogens is 1. The second kappa shape index (κ2) is 6.79. The number of ether oxygens (including phenoxy) is 3. The smallest absolute Gasteiger partial charge is 0.203 e. The number of benzene rings is 2. The highest BCUT2D eigenvalue weighted by atomic mass is 16.5. The van der Waals surface area contributed by atoms with Crippen LogP contribution in [0.15, 0.2) is 48.7 Å². The van der Waals surface area contributed by atoms with Gasteiger partial charge >= 0.3 is 0 Å². The summed E-state index contributed by atoms with van der Waals surface area (Å²) >= 11 is 0. The molecule has 1 unspecified atom stereocenters. The van der Waals surface area contributed by atoms with Gasteiger partial charge in [-0.3, -0.25) is 4.98 Å². The van der Waals surface area contributed by atoms with E-state index in [2.05, 4.69) is 36.2 Å². The summed E-state index contributed by atoms with van der Waals surface area (Å²) in [4.78, 5) is 4.38. The quantitative estimate of drug-likeness (QED) is 0.697. The maximum Gasteiger partial charge on any atom is 0.203 e.